The molecule has 0 aromatic heterocycles. The molecule has 15 heavy (non-hydrogen) atoms. The van der Waals surface area contributed by atoms with Crippen molar-refractivity contribution in [1.29, 1.82) is 0 Å². The number of rotatable bonds is 1. The van der Waals surface area contributed by atoms with Gasteiger partial charge in [-0.1, -0.05) is 6.42 Å². The van der Waals surface area contributed by atoms with Gasteiger partial charge in [-0.3, -0.25) is 9.59 Å². The van der Waals surface area contributed by atoms with Gasteiger partial charge in [-0.25, -0.2) is 0 Å². The minimum Gasteiger partial charge on any atom is -0.299 e. The van der Waals surface area contributed by atoms with Crippen LogP contribution in [-0.4, -0.2) is 11.6 Å². The average molecular weight is 206 g/mol. The summed E-state index contributed by atoms with van der Waals surface area (Å²) in [6.07, 6.45) is 7.18. The summed E-state index contributed by atoms with van der Waals surface area (Å²) in [5.41, 5.74) is 0. The molecule has 2 nitrogen and oxygen atoms in total. The average Bonchev–Trinajstić information content (AvgIpc) is 2.79. The van der Waals surface area contributed by atoms with E-state index in [0.717, 1.165) is 18.8 Å². The molecule has 3 atom stereocenters. The van der Waals surface area contributed by atoms with Gasteiger partial charge in [-0.15, -0.1) is 0 Å². The van der Waals surface area contributed by atoms with E-state index in [1.165, 1.54) is 19.3 Å². The van der Waals surface area contributed by atoms with E-state index in [1.807, 2.05) is 0 Å². The Balaban J connectivity index is 1.80. The smallest absolute Gasteiger partial charge is 0.143 e. The fourth-order valence-corrected chi connectivity index (χ4v) is 4.11. The van der Waals surface area contributed by atoms with Gasteiger partial charge >= 0.3 is 0 Å². The van der Waals surface area contributed by atoms with Crippen molar-refractivity contribution >= 4 is 11.6 Å². The first-order valence-corrected chi connectivity index (χ1v) is 6.31. The molecule has 0 radical (unpaired) electrons. The molecule has 3 fully saturated rings. The van der Waals surface area contributed by atoms with E-state index in [-0.39, 0.29) is 17.5 Å². The summed E-state index contributed by atoms with van der Waals surface area (Å²) in [5.74, 6) is 2.29. The number of ketones is 2. The van der Waals surface area contributed by atoms with Gasteiger partial charge in [0.25, 0.3) is 0 Å². The SMILES string of the molecule is O=C1CCCC(=O)C1C1CC2CCC1C2. The van der Waals surface area contributed by atoms with Crippen LogP contribution in [0.2, 0.25) is 0 Å². The molecule has 3 saturated carbocycles. The zero-order valence-corrected chi connectivity index (χ0v) is 9.08. The van der Waals surface area contributed by atoms with Crippen LogP contribution in [0.4, 0.5) is 0 Å². The van der Waals surface area contributed by atoms with Crippen LogP contribution in [0.5, 0.6) is 0 Å². The zero-order chi connectivity index (χ0) is 10.4. The van der Waals surface area contributed by atoms with E-state index in [9.17, 15) is 9.59 Å². The van der Waals surface area contributed by atoms with Crippen LogP contribution in [0, 0.1) is 23.7 Å². The third-order valence-electron chi connectivity index (χ3n) is 4.76. The molecule has 0 aliphatic heterocycles. The zero-order valence-electron chi connectivity index (χ0n) is 9.08. The normalized spacial score (nSPS) is 41.5. The summed E-state index contributed by atoms with van der Waals surface area (Å²) in [5, 5.41) is 0. The summed E-state index contributed by atoms with van der Waals surface area (Å²) in [7, 11) is 0. The highest BCUT2D eigenvalue weighted by Gasteiger charge is 2.47. The van der Waals surface area contributed by atoms with Crippen molar-refractivity contribution in [2.45, 2.75) is 44.9 Å². The van der Waals surface area contributed by atoms with Gasteiger partial charge in [0.15, 0.2) is 0 Å². The highest BCUT2D eigenvalue weighted by molar-refractivity contribution is 6.04. The first-order valence-electron chi connectivity index (χ1n) is 6.31. The van der Waals surface area contributed by atoms with Crippen molar-refractivity contribution in [2.24, 2.45) is 23.7 Å². The van der Waals surface area contributed by atoms with Gasteiger partial charge in [-0.05, 0) is 43.4 Å². The summed E-state index contributed by atoms with van der Waals surface area (Å²) < 4.78 is 0. The molecule has 82 valence electrons. The molecule has 3 rings (SSSR count). The molecule has 2 bridgehead atoms. The van der Waals surface area contributed by atoms with Gasteiger partial charge in [-0.2, -0.15) is 0 Å². The van der Waals surface area contributed by atoms with E-state index in [0.29, 0.717) is 24.7 Å². The van der Waals surface area contributed by atoms with Crippen molar-refractivity contribution < 1.29 is 9.59 Å². The van der Waals surface area contributed by atoms with Gasteiger partial charge in [0.2, 0.25) is 0 Å². The van der Waals surface area contributed by atoms with E-state index in [4.69, 9.17) is 0 Å². The topological polar surface area (TPSA) is 34.1 Å². The minimum absolute atomic E-state index is 0.186. The van der Waals surface area contributed by atoms with Gasteiger partial charge in [0, 0.05) is 12.8 Å². The van der Waals surface area contributed by atoms with Crippen molar-refractivity contribution in [3.8, 4) is 0 Å². The largest absolute Gasteiger partial charge is 0.299 e. The van der Waals surface area contributed by atoms with E-state index >= 15 is 0 Å². The van der Waals surface area contributed by atoms with Crippen LogP contribution in [0.15, 0.2) is 0 Å². The third kappa shape index (κ3) is 1.45. The Labute approximate surface area is 90.4 Å². The van der Waals surface area contributed by atoms with E-state index in [2.05, 4.69) is 0 Å². The van der Waals surface area contributed by atoms with Crippen LogP contribution >= 0.6 is 0 Å². The molecular formula is C13H18O2. The fraction of sp³-hybridized carbons (Fsp3) is 0.846. The van der Waals surface area contributed by atoms with Crippen LogP contribution in [0.25, 0.3) is 0 Å². The maximum Gasteiger partial charge on any atom is 0.143 e. The molecule has 0 saturated heterocycles. The second kappa shape index (κ2) is 3.43. The summed E-state index contributed by atoms with van der Waals surface area (Å²) in [6.45, 7) is 0. The molecule has 0 aromatic carbocycles. The molecule has 0 heterocycles. The Morgan fingerprint density at radius 1 is 0.933 bits per heavy atom. The summed E-state index contributed by atoms with van der Waals surface area (Å²) in [4.78, 5) is 23.7. The number of Topliss-reactive ketones (excluding diaryl/α,β-unsaturated/α-hetero) is 2. The number of carbonyl (C=O) groups excluding carboxylic acids is 2. The van der Waals surface area contributed by atoms with Crippen LogP contribution < -0.4 is 0 Å². The lowest BCUT2D eigenvalue weighted by Crippen LogP contribution is -2.37. The number of fused-ring (bicyclic) bond motifs is 2. The maximum absolute atomic E-state index is 11.8. The molecule has 0 amide bonds. The van der Waals surface area contributed by atoms with Gasteiger partial charge in [0.05, 0.1) is 5.92 Å². The minimum atomic E-state index is -0.186. The van der Waals surface area contributed by atoms with Gasteiger partial charge < -0.3 is 0 Å². The quantitative estimate of drug-likeness (QED) is 0.617. The first-order chi connectivity index (χ1) is 7.25. The first kappa shape index (κ1) is 9.56. The van der Waals surface area contributed by atoms with Crippen molar-refractivity contribution in [3.63, 3.8) is 0 Å². The number of hydrogen-bond acceptors (Lipinski definition) is 2. The van der Waals surface area contributed by atoms with Crippen LogP contribution in [-0.2, 0) is 9.59 Å². The molecule has 2 heteroatoms. The molecule has 3 aliphatic rings. The third-order valence-corrected chi connectivity index (χ3v) is 4.76. The lowest BCUT2D eigenvalue weighted by atomic mass is 9.71. The Morgan fingerprint density at radius 3 is 2.20 bits per heavy atom. The standard InChI is InChI=1S/C13H18O2/c14-11-2-1-3-12(15)13(11)10-7-8-4-5-9(10)6-8/h8-10,13H,1-7H2. The lowest BCUT2D eigenvalue weighted by Gasteiger charge is -2.30. The highest BCUT2D eigenvalue weighted by atomic mass is 16.2. The monoisotopic (exact) mass is 206 g/mol. The molecular weight excluding hydrogens is 188 g/mol. The molecule has 0 spiro atoms. The van der Waals surface area contributed by atoms with Gasteiger partial charge in [0.1, 0.15) is 11.6 Å². The Morgan fingerprint density at radius 2 is 1.67 bits per heavy atom. The predicted octanol–water partition coefficient (Wildman–Crippen LogP) is 2.36. The fourth-order valence-electron chi connectivity index (χ4n) is 4.11. The van der Waals surface area contributed by atoms with E-state index in [1.54, 1.807) is 0 Å². The summed E-state index contributed by atoms with van der Waals surface area (Å²) >= 11 is 0. The van der Waals surface area contributed by atoms with Crippen LogP contribution in [0.3, 0.4) is 0 Å². The maximum atomic E-state index is 11.8. The predicted molar refractivity (Wildman–Crippen MR) is 56.3 cm³/mol. The number of hydrogen-bond donors (Lipinski definition) is 0. The second-order valence-corrected chi connectivity index (χ2v) is 5.60. The van der Waals surface area contributed by atoms with Crippen molar-refractivity contribution in [2.75, 3.05) is 0 Å². The highest BCUT2D eigenvalue weighted by Crippen LogP contribution is 2.52. The molecule has 0 N–H and O–H groups in total. The van der Waals surface area contributed by atoms with Crippen LogP contribution in [0.1, 0.15) is 44.9 Å². The molecule has 3 unspecified atom stereocenters. The number of carbonyl (C=O) groups is 2. The van der Waals surface area contributed by atoms with E-state index < -0.39 is 0 Å². The Kier molecular flexibility index (Phi) is 2.18. The summed E-state index contributed by atoms with van der Waals surface area (Å²) in [6, 6.07) is 0. The second-order valence-electron chi connectivity index (χ2n) is 5.60. The van der Waals surface area contributed by atoms with Crippen molar-refractivity contribution in [1.82, 2.24) is 0 Å². The Hall–Kier alpha value is -0.660. The molecule has 3 aliphatic carbocycles. The Bertz CT molecular complexity index is 292. The molecule has 0 aromatic rings. The van der Waals surface area contributed by atoms with Crippen molar-refractivity contribution in [3.05, 3.63) is 0 Å². The lowest BCUT2D eigenvalue weighted by molar-refractivity contribution is -0.138.